The minimum Gasteiger partial charge on any atom is -0.222 e. The molecule has 9 heteroatoms. The summed E-state index contributed by atoms with van der Waals surface area (Å²) in [6.07, 6.45) is 0. The molecule has 2 aromatic heterocycles. The van der Waals surface area contributed by atoms with Gasteiger partial charge >= 0.3 is 0 Å². The lowest BCUT2D eigenvalue weighted by Gasteiger charge is -2.18. The van der Waals surface area contributed by atoms with Crippen LogP contribution in [0, 0.1) is 20.8 Å². The van der Waals surface area contributed by atoms with E-state index in [9.17, 15) is 16.8 Å². The van der Waals surface area contributed by atoms with Crippen LogP contribution >= 0.6 is 22.7 Å². The van der Waals surface area contributed by atoms with Crippen molar-refractivity contribution in [3.05, 3.63) is 68.7 Å². The molecule has 150 valence electrons. The van der Waals surface area contributed by atoms with Gasteiger partial charge in [-0.15, -0.1) is 22.7 Å². The Balaban J connectivity index is 1.95. The van der Waals surface area contributed by atoms with Gasteiger partial charge in [-0.25, -0.2) is 21.6 Å². The number of aryl methyl sites for hydroxylation is 3. The van der Waals surface area contributed by atoms with Gasteiger partial charge in [-0.3, -0.25) is 0 Å². The predicted octanol–water partition coefficient (Wildman–Crippen LogP) is 4.23. The molecule has 1 atom stereocenters. The lowest BCUT2D eigenvalue weighted by molar-refractivity contribution is 0.570. The fourth-order valence-corrected chi connectivity index (χ4v) is 8.84. The van der Waals surface area contributed by atoms with Crippen molar-refractivity contribution in [3.63, 3.8) is 0 Å². The summed E-state index contributed by atoms with van der Waals surface area (Å²) in [7, 11) is -7.57. The lowest BCUT2D eigenvalue weighted by Crippen LogP contribution is -2.32. The first-order valence-corrected chi connectivity index (χ1v) is 13.3. The quantitative estimate of drug-likeness (QED) is 0.578. The molecule has 1 aromatic carbocycles. The van der Waals surface area contributed by atoms with Crippen LogP contribution in [0.15, 0.2) is 56.3 Å². The summed E-state index contributed by atoms with van der Waals surface area (Å²) in [6.45, 7) is 5.17. The third-order valence-electron chi connectivity index (χ3n) is 4.34. The van der Waals surface area contributed by atoms with E-state index in [0.29, 0.717) is 16.0 Å². The summed E-state index contributed by atoms with van der Waals surface area (Å²) in [4.78, 5) is 0.810. The van der Waals surface area contributed by atoms with Crippen LogP contribution < -0.4 is 4.72 Å². The van der Waals surface area contributed by atoms with Gasteiger partial charge in [0.15, 0.2) is 9.84 Å². The summed E-state index contributed by atoms with van der Waals surface area (Å²) in [6, 6.07) is 10.3. The molecule has 3 rings (SSSR count). The van der Waals surface area contributed by atoms with Crippen LogP contribution in [-0.4, -0.2) is 23.4 Å². The Labute approximate surface area is 174 Å². The Kier molecular flexibility index (Phi) is 6.11. The van der Waals surface area contributed by atoms with Crippen LogP contribution in [0.1, 0.15) is 26.8 Å². The molecule has 0 saturated heterocycles. The number of sulfone groups is 1. The number of hydrogen-bond donors (Lipinski definition) is 1. The number of benzene rings is 1. The van der Waals surface area contributed by atoms with Crippen molar-refractivity contribution in [2.75, 3.05) is 6.54 Å². The molecule has 2 heterocycles. The molecule has 0 bridgehead atoms. The third-order valence-corrected chi connectivity index (χ3v) is 10.7. The van der Waals surface area contributed by atoms with Crippen molar-refractivity contribution in [3.8, 4) is 0 Å². The van der Waals surface area contributed by atoms with E-state index in [1.54, 1.807) is 61.0 Å². The molecule has 3 aromatic rings. The van der Waals surface area contributed by atoms with Crippen molar-refractivity contribution in [1.82, 2.24) is 4.72 Å². The molecule has 1 N–H and O–H groups in total. The summed E-state index contributed by atoms with van der Waals surface area (Å²) in [5.74, 6) is 0. The molecule has 0 aliphatic heterocycles. The molecule has 5 nitrogen and oxygen atoms in total. The average Bonchev–Trinajstić information content (AvgIpc) is 3.27. The molecule has 28 heavy (non-hydrogen) atoms. The van der Waals surface area contributed by atoms with E-state index in [-0.39, 0.29) is 15.6 Å². The van der Waals surface area contributed by atoms with Gasteiger partial charge in [0.1, 0.15) is 9.46 Å². The minimum absolute atomic E-state index is 0.205. The summed E-state index contributed by atoms with van der Waals surface area (Å²) in [5, 5.41) is 2.50. The van der Waals surface area contributed by atoms with Crippen molar-refractivity contribution in [2.24, 2.45) is 0 Å². The van der Waals surface area contributed by atoms with Gasteiger partial charge in [0.25, 0.3) is 0 Å². The summed E-state index contributed by atoms with van der Waals surface area (Å²) in [5.41, 5.74) is 2.25. The van der Waals surface area contributed by atoms with Crippen LogP contribution in [0.4, 0.5) is 0 Å². The molecule has 0 unspecified atom stereocenters. The van der Waals surface area contributed by atoms with Gasteiger partial charge in [0.2, 0.25) is 10.0 Å². The molecule has 0 fully saturated rings. The molecule has 0 spiro atoms. The number of nitrogens with one attached hydrogen (secondary N) is 1. The van der Waals surface area contributed by atoms with Gasteiger partial charge in [-0.1, -0.05) is 29.8 Å². The van der Waals surface area contributed by atoms with E-state index in [0.717, 1.165) is 16.9 Å². The fourth-order valence-electron chi connectivity index (χ4n) is 3.25. The second-order valence-electron chi connectivity index (χ2n) is 6.56. The van der Waals surface area contributed by atoms with E-state index in [2.05, 4.69) is 4.72 Å². The van der Waals surface area contributed by atoms with Gasteiger partial charge in [-0.05, 0) is 54.8 Å². The van der Waals surface area contributed by atoms with E-state index >= 15 is 0 Å². The Morgan fingerprint density at radius 1 is 0.929 bits per heavy atom. The molecule has 0 aliphatic carbocycles. The Bertz CT molecular complexity index is 1140. The van der Waals surface area contributed by atoms with Gasteiger partial charge < -0.3 is 0 Å². The van der Waals surface area contributed by atoms with Crippen molar-refractivity contribution in [2.45, 2.75) is 35.1 Å². The number of thiophene rings is 2. The molecule has 0 saturated carbocycles. The Morgan fingerprint density at radius 3 is 2.07 bits per heavy atom. The number of rotatable bonds is 7. The maximum absolute atomic E-state index is 13.1. The SMILES string of the molecule is Cc1cc(C)c(S(=O)(=O)NC[C@@H](c2cccs2)S(=O)(=O)c2cccs2)c(C)c1. The van der Waals surface area contributed by atoms with E-state index in [4.69, 9.17) is 0 Å². The van der Waals surface area contributed by atoms with Crippen LogP contribution in [0.2, 0.25) is 0 Å². The van der Waals surface area contributed by atoms with Crippen LogP contribution in [0.25, 0.3) is 0 Å². The normalized spacial score (nSPS) is 13.5. The highest BCUT2D eigenvalue weighted by Gasteiger charge is 2.32. The van der Waals surface area contributed by atoms with Gasteiger partial charge in [0.05, 0.1) is 4.90 Å². The summed E-state index contributed by atoms with van der Waals surface area (Å²) >= 11 is 2.43. The average molecular weight is 456 g/mol. The Morgan fingerprint density at radius 2 is 1.54 bits per heavy atom. The second kappa shape index (κ2) is 8.08. The van der Waals surface area contributed by atoms with Gasteiger partial charge in [-0.2, -0.15) is 0 Å². The van der Waals surface area contributed by atoms with E-state index in [1.807, 2.05) is 6.92 Å². The first kappa shape index (κ1) is 21.2. The van der Waals surface area contributed by atoms with Crippen LogP contribution in [0.5, 0.6) is 0 Å². The zero-order chi connectivity index (χ0) is 20.5. The van der Waals surface area contributed by atoms with Crippen LogP contribution in [-0.2, 0) is 19.9 Å². The van der Waals surface area contributed by atoms with E-state index < -0.39 is 25.1 Å². The Hall–Kier alpha value is -1.52. The highest BCUT2D eigenvalue weighted by Crippen LogP contribution is 2.34. The molecular formula is C19H21NO4S4. The molecule has 0 aliphatic rings. The van der Waals surface area contributed by atoms with E-state index in [1.165, 1.54) is 11.3 Å². The maximum atomic E-state index is 13.1. The predicted molar refractivity (Wildman–Crippen MR) is 114 cm³/mol. The number of hydrogen-bond acceptors (Lipinski definition) is 6. The largest absolute Gasteiger partial charge is 0.241 e. The second-order valence-corrected chi connectivity index (χ2v) is 12.5. The third kappa shape index (κ3) is 4.23. The minimum atomic E-state index is -3.86. The highest BCUT2D eigenvalue weighted by molar-refractivity contribution is 7.94. The molecular weight excluding hydrogens is 434 g/mol. The maximum Gasteiger partial charge on any atom is 0.241 e. The smallest absolute Gasteiger partial charge is 0.222 e. The van der Waals surface area contributed by atoms with Crippen molar-refractivity contribution >= 4 is 42.5 Å². The van der Waals surface area contributed by atoms with Crippen molar-refractivity contribution < 1.29 is 16.8 Å². The zero-order valence-electron chi connectivity index (χ0n) is 15.7. The molecule has 0 amide bonds. The van der Waals surface area contributed by atoms with Crippen LogP contribution in [0.3, 0.4) is 0 Å². The van der Waals surface area contributed by atoms with Crippen molar-refractivity contribution in [1.29, 1.82) is 0 Å². The standard InChI is InChI=1S/C19H21NO4S4/c1-13-10-14(2)19(15(3)11-13)28(23,24)20-12-17(16-6-4-8-25-16)27(21,22)18-7-5-9-26-18/h4-11,17,20H,12H2,1-3H3/t17-/m0/s1. The monoisotopic (exact) mass is 455 g/mol. The lowest BCUT2D eigenvalue weighted by atomic mass is 10.1. The first-order valence-electron chi connectivity index (χ1n) is 8.51. The first-order chi connectivity index (χ1) is 13.1. The highest BCUT2D eigenvalue weighted by atomic mass is 32.2. The zero-order valence-corrected chi connectivity index (χ0v) is 18.9. The molecule has 0 radical (unpaired) electrons. The summed E-state index contributed by atoms with van der Waals surface area (Å²) < 4.78 is 54.9. The van der Waals surface area contributed by atoms with Gasteiger partial charge in [0, 0.05) is 11.4 Å². The topological polar surface area (TPSA) is 80.3 Å². The number of sulfonamides is 1. The fraction of sp³-hybridized carbons (Fsp3) is 0.263.